The number of nitrogens with one attached hydrogen (secondary N) is 1. The summed E-state index contributed by atoms with van der Waals surface area (Å²) in [6.45, 7) is 0.441. The fraction of sp³-hybridized carbons (Fsp3) is 0.0667. The zero-order chi connectivity index (χ0) is 14.9. The first-order valence-electron chi connectivity index (χ1n) is 6.70. The average Bonchev–Trinajstić information content (AvgIpc) is 3.18. The number of hydrogen-bond acceptors (Lipinski definition) is 5. The van der Waals surface area contributed by atoms with Crippen molar-refractivity contribution in [2.75, 3.05) is 0 Å². The van der Waals surface area contributed by atoms with Crippen molar-refractivity contribution in [2.24, 2.45) is 0 Å². The smallest absolute Gasteiger partial charge is 0.280 e. The highest BCUT2D eigenvalue weighted by Gasteiger charge is 2.12. The molecular weight excluding hydrogens is 298 g/mol. The Hall–Kier alpha value is -2.80. The minimum absolute atomic E-state index is 0.176. The summed E-state index contributed by atoms with van der Waals surface area (Å²) in [5.41, 5.74) is 2.60. The SMILES string of the molecule is O=C(NCc1ccn2ccnc2c1)c1nc2cnccc2s1. The summed E-state index contributed by atoms with van der Waals surface area (Å²) in [7, 11) is 0. The molecule has 0 aliphatic carbocycles. The summed E-state index contributed by atoms with van der Waals surface area (Å²) in [6.07, 6.45) is 8.91. The fourth-order valence-corrected chi connectivity index (χ4v) is 3.05. The van der Waals surface area contributed by atoms with Crippen LogP contribution in [0.25, 0.3) is 15.9 Å². The second kappa shape index (κ2) is 5.19. The molecular formula is C15H11N5OS. The third kappa shape index (κ3) is 2.31. The van der Waals surface area contributed by atoms with Crippen LogP contribution in [0.2, 0.25) is 0 Å². The minimum atomic E-state index is -0.176. The normalized spacial score (nSPS) is 11.1. The van der Waals surface area contributed by atoms with E-state index in [1.165, 1.54) is 11.3 Å². The van der Waals surface area contributed by atoms with Crippen molar-refractivity contribution in [3.63, 3.8) is 0 Å². The molecule has 0 unspecified atom stereocenters. The van der Waals surface area contributed by atoms with Crippen LogP contribution in [0.3, 0.4) is 0 Å². The van der Waals surface area contributed by atoms with Gasteiger partial charge in [-0.1, -0.05) is 0 Å². The predicted molar refractivity (Wildman–Crippen MR) is 83.8 cm³/mol. The van der Waals surface area contributed by atoms with Crippen molar-refractivity contribution in [1.29, 1.82) is 0 Å². The Morgan fingerprint density at radius 1 is 1.27 bits per heavy atom. The molecule has 4 rings (SSSR count). The quantitative estimate of drug-likeness (QED) is 0.630. The maximum absolute atomic E-state index is 12.2. The third-order valence-electron chi connectivity index (χ3n) is 3.30. The standard InChI is InChI=1S/C15H11N5OS/c21-14(15-19-11-9-16-3-1-12(11)22-15)18-8-10-2-5-20-6-4-17-13(20)7-10/h1-7,9H,8H2,(H,18,21). The van der Waals surface area contributed by atoms with Gasteiger partial charge >= 0.3 is 0 Å². The van der Waals surface area contributed by atoms with E-state index in [1.807, 2.05) is 35.0 Å². The van der Waals surface area contributed by atoms with Crippen LogP contribution < -0.4 is 5.32 Å². The van der Waals surface area contributed by atoms with Gasteiger partial charge in [-0.25, -0.2) is 9.97 Å². The van der Waals surface area contributed by atoms with Crippen LogP contribution in [0.5, 0.6) is 0 Å². The molecule has 0 aromatic carbocycles. The van der Waals surface area contributed by atoms with E-state index in [-0.39, 0.29) is 5.91 Å². The third-order valence-corrected chi connectivity index (χ3v) is 4.33. The Labute approximate surface area is 129 Å². The van der Waals surface area contributed by atoms with Gasteiger partial charge in [-0.05, 0) is 23.8 Å². The number of pyridine rings is 2. The molecule has 0 fully saturated rings. The molecule has 0 aliphatic heterocycles. The second-order valence-corrected chi connectivity index (χ2v) is 5.80. The Kier molecular flexibility index (Phi) is 3.05. The van der Waals surface area contributed by atoms with Crippen molar-refractivity contribution in [1.82, 2.24) is 24.7 Å². The molecule has 22 heavy (non-hydrogen) atoms. The molecule has 4 aromatic rings. The number of nitrogens with zero attached hydrogens (tertiary/aromatic N) is 4. The lowest BCUT2D eigenvalue weighted by Gasteiger charge is -2.03. The molecule has 7 heteroatoms. The number of fused-ring (bicyclic) bond motifs is 2. The molecule has 0 radical (unpaired) electrons. The summed E-state index contributed by atoms with van der Waals surface area (Å²) in [5, 5.41) is 3.33. The lowest BCUT2D eigenvalue weighted by atomic mass is 10.2. The highest BCUT2D eigenvalue weighted by atomic mass is 32.1. The summed E-state index contributed by atoms with van der Waals surface area (Å²) in [5.74, 6) is -0.176. The van der Waals surface area contributed by atoms with Gasteiger partial charge in [-0.3, -0.25) is 9.78 Å². The summed E-state index contributed by atoms with van der Waals surface area (Å²) < 4.78 is 2.88. The van der Waals surface area contributed by atoms with Gasteiger partial charge in [-0.15, -0.1) is 11.3 Å². The first-order valence-corrected chi connectivity index (χ1v) is 7.51. The molecule has 0 spiro atoms. The van der Waals surface area contributed by atoms with Gasteiger partial charge in [0.05, 0.1) is 10.9 Å². The summed E-state index contributed by atoms with van der Waals surface area (Å²) >= 11 is 1.36. The second-order valence-electron chi connectivity index (χ2n) is 4.77. The van der Waals surface area contributed by atoms with Gasteiger partial charge in [-0.2, -0.15) is 0 Å². The van der Waals surface area contributed by atoms with E-state index in [0.717, 1.165) is 21.4 Å². The average molecular weight is 309 g/mol. The zero-order valence-corrected chi connectivity index (χ0v) is 12.2. The molecule has 0 atom stereocenters. The fourth-order valence-electron chi connectivity index (χ4n) is 2.20. The topological polar surface area (TPSA) is 72.2 Å². The van der Waals surface area contributed by atoms with Gasteiger partial charge in [0.2, 0.25) is 0 Å². The number of imidazole rings is 1. The first kappa shape index (κ1) is 12.9. The molecule has 0 aliphatic rings. The molecule has 108 valence electrons. The van der Waals surface area contributed by atoms with Crippen LogP contribution in [-0.4, -0.2) is 25.3 Å². The molecule has 1 amide bonds. The van der Waals surface area contributed by atoms with Gasteiger partial charge in [0.25, 0.3) is 5.91 Å². The zero-order valence-electron chi connectivity index (χ0n) is 11.4. The van der Waals surface area contributed by atoms with E-state index < -0.39 is 0 Å². The number of amides is 1. The maximum Gasteiger partial charge on any atom is 0.280 e. The van der Waals surface area contributed by atoms with E-state index in [1.54, 1.807) is 18.6 Å². The molecule has 4 heterocycles. The van der Waals surface area contributed by atoms with Crippen molar-refractivity contribution in [3.8, 4) is 0 Å². The largest absolute Gasteiger partial charge is 0.346 e. The van der Waals surface area contributed by atoms with Crippen molar-refractivity contribution < 1.29 is 4.79 Å². The summed E-state index contributed by atoms with van der Waals surface area (Å²) in [6, 6.07) is 5.76. The van der Waals surface area contributed by atoms with Crippen LogP contribution in [0.1, 0.15) is 15.4 Å². The highest BCUT2D eigenvalue weighted by molar-refractivity contribution is 7.20. The van der Waals surface area contributed by atoms with Crippen LogP contribution >= 0.6 is 11.3 Å². The minimum Gasteiger partial charge on any atom is -0.346 e. The monoisotopic (exact) mass is 309 g/mol. The number of thiazole rings is 1. The predicted octanol–water partition coefficient (Wildman–Crippen LogP) is 2.27. The lowest BCUT2D eigenvalue weighted by Crippen LogP contribution is -2.22. The number of carbonyl (C=O) groups excluding carboxylic acids is 1. The lowest BCUT2D eigenvalue weighted by molar-refractivity contribution is 0.0950. The van der Waals surface area contributed by atoms with Crippen LogP contribution in [0.4, 0.5) is 0 Å². The van der Waals surface area contributed by atoms with Crippen molar-refractivity contribution in [2.45, 2.75) is 6.54 Å². The van der Waals surface area contributed by atoms with Gasteiger partial charge < -0.3 is 9.72 Å². The van der Waals surface area contributed by atoms with E-state index in [4.69, 9.17) is 0 Å². The number of rotatable bonds is 3. The van der Waals surface area contributed by atoms with Gasteiger partial charge in [0.15, 0.2) is 5.01 Å². The van der Waals surface area contributed by atoms with E-state index in [0.29, 0.717) is 11.6 Å². The van der Waals surface area contributed by atoms with Crippen LogP contribution in [0, 0.1) is 0 Å². The highest BCUT2D eigenvalue weighted by Crippen LogP contribution is 2.20. The van der Waals surface area contributed by atoms with Crippen LogP contribution in [-0.2, 0) is 6.54 Å². The molecule has 4 aromatic heterocycles. The first-order chi connectivity index (χ1) is 10.8. The van der Waals surface area contributed by atoms with Crippen molar-refractivity contribution >= 4 is 33.1 Å². The number of hydrogen-bond donors (Lipinski definition) is 1. The Morgan fingerprint density at radius 2 is 2.23 bits per heavy atom. The van der Waals surface area contributed by atoms with Gasteiger partial charge in [0.1, 0.15) is 11.2 Å². The number of aromatic nitrogens is 4. The van der Waals surface area contributed by atoms with E-state index >= 15 is 0 Å². The van der Waals surface area contributed by atoms with Gasteiger partial charge in [0, 0.05) is 31.3 Å². The summed E-state index contributed by atoms with van der Waals surface area (Å²) in [4.78, 5) is 24.7. The molecule has 1 N–H and O–H groups in total. The number of carbonyl (C=O) groups is 1. The maximum atomic E-state index is 12.2. The molecule has 0 saturated heterocycles. The molecule has 6 nitrogen and oxygen atoms in total. The Balaban J connectivity index is 1.51. The molecule has 0 saturated carbocycles. The Morgan fingerprint density at radius 3 is 3.14 bits per heavy atom. The van der Waals surface area contributed by atoms with E-state index in [2.05, 4.69) is 20.3 Å². The Bertz CT molecular complexity index is 941. The molecule has 0 bridgehead atoms. The van der Waals surface area contributed by atoms with Crippen LogP contribution in [0.15, 0.2) is 49.2 Å². The van der Waals surface area contributed by atoms with Crippen molar-refractivity contribution in [3.05, 3.63) is 59.8 Å². The van der Waals surface area contributed by atoms with E-state index in [9.17, 15) is 4.79 Å².